The van der Waals surface area contributed by atoms with Crippen LogP contribution in [0.2, 0.25) is 0 Å². The van der Waals surface area contributed by atoms with E-state index in [2.05, 4.69) is 41.4 Å². The highest BCUT2D eigenvalue weighted by Crippen LogP contribution is 2.42. The molecule has 0 spiro atoms. The third kappa shape index (κ3) is 3.34. The Hall–Kier alpha value is -0.860. The van der Waals surface area contributed by atoms with E-state index in [0.717, 1.165) is 23.8 Å². The number of likely N-dealkylation sites (tertiary alicyclic amines) is 1. The Labute approximate surface area is 141 Å². The first kappa shape index (κ1) is 15.7. The molecule has 0 amide bonds. The van der Waals surface area contributed by atoms with Crippen LogP contribution in [0.3, 0.4) is 0 Å². The zero-order valence-corrected chi connectivity index (χ0v) is 14.6. The molecule has 3 aliphatic rings. The molecule has 1 aromatic rings. The van der Waals surface area contributed by atoms with Crippen LogP contribution < -0.4 is 5.32 Å². The highest BCUT2D eigenvalue weighted by molar-refractivity contribution is 5.27. The number of nitrogens with one attached hydrogen (secondary N) is 1. The van der Waals surface area contributed by atoms with Gasteiger partial charge < -0.3 is 10.2 Å². The van der Waals surface area contributed by atoms with Gasteiger partial charge in [0.25, 0.3) is 0 Å². The van der Waals surface area contributed by atoms with Gasteiger partial charge in [0.15, 0.2) is 0 Å². The van der Waals surface area contributed by atoms with Gasteiger partial charge in [-0.2, -0.15) is 0 Å². The average Bonchev–Trinajstić information content (AvgIpc) is 3.22. The van der Waals surface area contributed by atoms with Crippen LogP contribution in [0, 0.1) is 11.8 Å². The van der Waals surface area contributed by atoms with E-state index in [-0.39, 0.29) is 0 Å². The quantitative estimate of drug-likeness (QED) is 0.909. The number of fused-ring (bicyclic) bond motifs is 1. The van der Waals surface area contributed by atoms with Crippen LogP contribution in [0.5, 0.6) is 0 Å². The standard InChI is InChI=1S/C21H32N2/c1-16-4-3-12-23(16)13-11-17-7-9-18(10-8-17)20-6-2-5-19-14-22-15-21(19)20/h7-10,16,19-22H,2-6,11-15H2,1H3/t16-,19+,20?,21-/m1/s1. The van der Waals surface area contributed by atoms with Crippen LogP contribution >= 0.6 is 0 Å². The Morgan fingerprint density at radius 3 is 2.70 bits per heavy atom. The number of hydrogen-bond donors (Lipinski definition) is 1. The summed E-state index contributed by atoms with van der Waals surface area (Å²) in [6.45, 7) is 7.42. The van der Waals surface area contributed by atoms with Gasteiger partial charge in [0.1, 0.15) is 0 Å². The summed E-state index contributed by atoms with van der Waals surface area (Å²) in [5, 5.41) is 3.63. The van der Waals surface area contributed by atoms with Crippen molar-refractivity contribution in [1.82, 2.24) is 10.2 Å². The molecule has 4 atom stereocenters. The molecule has 0 radical (unpaired) electrons. The lowest BCUT2D eigenvalue weighted by molar-refractivity contribution is 0.258. The molecule has 1 aromatic carbocycles. The van der Waals surface area contributed by atoms with E-state index in [4.69, 9.17) is 0 Å². The van der Waals surface area contributed by atoms with Crippen molar-refractivity contribution in [3.63, 3.8) is 0 Å². The summed E-state index contributed by atoms with van der Waals surface area (Å²) in [5.74, 6) is 2.63. The van der Waals surface area contributed by atoms with Gasteiger partial charge in [0, 0.05) is 12.6 Å². The monoisotopic (exact) mass is 312 g/mol. The summed E-state index contributed by atoms with van der Waals surface area (Å²) < 4.78 is 0. The molecule has 2 nitrogen and oxygen atoms in total. The molecule has 3 fully saturated rings. The average molecular weight is 313 g/mol. The number of nitrogens with zero attached hydrogens (tertiary/aromatic N) is 1. The maximum absolute atomic E-state index is 3.63. The van der Waals surface area contributed by atoms with Crippen LogP contribution in [-0.4, -0.2) is 37.1 Å². The van der Waals surface area contributed by atoms with Crippen molar-refractivity contribution in [1.29, 1.82) is 0 Å². The molecule has 1 N–H and O–H groups in total. The Bertz CT molecular complexity index is 509. The summed E-state index contributed by atoms with van der Waals surface area (Å²) in [4.78, 5) is 2.66. The van der Waals surface area contributed by atoms with Crippen LogP contribution in [0.4, 0.5) is 0 Å². The van der Waals surface area contributed by atoms with Gasteiger partial charge in [0.2, 0.25) is 0 Å². The Morgan fingerprint density at radius 1 is 1.04 bits per heavy atom. The SMILES string of the molecule is C[C@@H]1CCCN1CCc1ccc(C2CCC[C@H]3CNC[C@@H]23)cc1. The lowest BCUT2D eigenvalue weighted by Crippen LogP contribution is -2.29. The van der Waals surface area contributed by atoms with Crippen molar-refractivity contribution >= 4 is 0 Å². The minimum absolute atomic E-state index is 0.795. The van der Waals surface area contributed by atoms with Crippen molar-refractivity contribution in [3.05, 3.63) is 35.4 Å². The molecule has 2 saturated heterocycles. The molecule has 4 rings (SSSR count). The molecule has 2 aliphatic heterocycles. The van der Waals surface area contributed by atoms with Gasteiger partial charge >= 0.3 is 0 Å². The van der Waals surface area contributed by atoms with E-state index in [0.29, 0.717) is 0 Å². The van der Waals surface area contributed by atoms with Crippen LogP contribution in [0.15, 0.2) is 24.3 Å². The Balaban J connectivity index is 1.37. The maximum atomic E-state index is 3.63. The smallest absolute Gasteiger partial charge is 0.00675 e. The van der Waals surface area contributed by atoms with Crippen LogP contribution in [0.25, 0.3) is 0 Å². The number of rotatable bonds is 4. The fourth-order valence-corrected chi connectivity index (χ4v) is 5.30. The van der Waals surface area contributed by atoms with Crippen molar-refractivity contribution in [2.24, 2.45) is 11.8 Å². The first-order valence-corrected chi connectivity index (χ1v) is 9.85. The van der Waals surface area contributed by atoms with Crippen molar-refractivity contribution in [2.45, 2.75) is 57.4 Å². The van der Waals surface area contributed by atoms with E-state index in [1.807, 2.05) is 0 Å². The zero-order chi connectivity index (χ0) is 15.6. The number of benzene rings is 1. The molecular weight excluding hydrogens is 280 g/mol. The Morgan fingerprint density at radius 2 is 1.91 bits per heavy atom. The largest absolute Gasteiger partial charge is 0.316 e. The molecule has 1 saturated carbocycles. The Kier molecular flexibility index (Phi) is 4.73. The predicted molar refractivity (Wildman–Crippen MR) is 96.9 cm³/mol. The number of hydrogen-bond acceptors (Lipinski definition) is 2. The van der Waals surface area contributed by atoms with E-state index < -0.39 is 0 Å². The second-order valence-corrected chi connectivity index (χ2v) is 8.14. The van der Waals surface area contributed by atoms with Gasteiger partial charge in [-0.15, -0.1) is 0 Å². The topological polar surface area (TPSA) is 15.3 Å². The summed E-state index contributed by atoms with van der Waals surface area (Å²) in [7, 11) is 0. The molecule has 1 aliphatic carbocycles. The second kappa shape index (κ2) is 6.94. The molecule has 0 bridgehead atoms. The zero-order valence-electron chi connectivity index (χ0n) is 14.6. The first-order valence-electron chi connectivity index (χ1n) is 9.85. The van der Waals surface area contributed by atoms with E-state index in [1.165, 1.54) is 70.3 Å². The minimum atomic E-state index is 0.795. The summed E-state index contributed by atoms with van der Waals surface area (Å²) in [5.41, 5.74) is 3.12. The summed E-state index contributed by atoms with van der Waals surface area (Å²) in [6.07, 6.45) is 8.24. The molecule has 23 heavy (non-hydrogen) atoms. The minimum Gasteiger partial charge on any atom is -0.316 e. The lowest BCUT2D eigenvalue weighted by atomic mass is 9.71. The van der Waals surface area contributed by atoms with Crippen LogP contribution in [0.1, 0.15) is 56.1 Å². The van der Waals surface area contributed by atoms with E-state index >= 15 is 0 Å². The summed E-state index contributed by atoms with van der Waals surface area (Å²) >= 11 is 0. The predicted octanol–water partition coefficient (Wildman–Crippen LogP) is 3.82. The van der Waals surface area contributed by atoms with E-state index in [1.54, 1.807) is 5.56 Å². The fourth-order valence-electron chi connectivity index (χ4n) is 5.30. The molecule has 0 aromatic heterocycles. The first-order chi connectivity index (χ1) is 11.3. The highest BCUT2D eigenvalue weighted by atomic mass is 15.2. The maximum Gasteiger partial charge on any atom is 0.00675 e. The van der Waals surface area contributed by atoms with E-state index in [9.17, 15) is 0 Å². The molecular formula is C21H32N2. The van der Waals surface area contributed by atoms with Gasteiger partial charge in [-0.1, -0.05) is 30.7 Å². The molecule has 126 valence electrons. The third-order valence-corrected chi connectivity index (χ3v) is 6.79. The summed E-state index contributed by atoms with van der Waals surface area (Å²) in [6, 6.07) is 10.5. The lowest BCUT2D eigenvalue weighted by Gasteiger charge is -2.33. The van der Waals surface area contributed by atoms with Gasteiger partial charge in [-0.05, 0) is 87.5 Å². The highest BCUT2D eigenvalue weighted by Gasteiger charge is 2.36. The van der Waals surface area contributed by atoms with Crippen molar-refractivity contribution in [2.75, 3.05) is 26.2 Å². The van der Waals surface area contributed by atoms with Gasteiger partial charge in [-0.3, -0.25) is 0 Å². The molecule has 2 heteroatoms. The van der Waals surface area contributed by atoms with Gasteiger partial charge in [-0.25, -0.2) is 0 Å². The normalized spacial score (nSPS) is 34.7. The second-order valence-electron chi connectivity index (χ2n) is 8.14. The molecule has 2 heterocycles. The molecule has 1 unspecified atom stereocenters. The van der Waals surface area contributed by atoms with Gasteiger partial charge in [0.05, 0.1) is 0 Å². The van der Waals surface area contributed by atoms with Crippen molar-refractivity contribution < 1.29 is 0 Å². The van der Waals surface area contributed by atoms with Crippen LogP contribution in [-0.2, 0) is 6.42 Å². The fraction of sp³-hybridized carbons (Fsp3) is 0.714. The van der Waals surface area contributed by atoms with Crippen molar-refractivity contribution in [3.8, 4) is 0 Å². The third-order valence-electron chi connectivity index (χ3n) is 6.79.